The summed E-state index contributed by atoms with van der Waals surface area (Å²) >= 11 is 0. The van der Waals surface area contributed by atoms with Gasteiger partial charge in [-0.15, -0.1) is 0 Å². The van der Waals surface area contributed by atoms with Crippen molar-refractivity contribution < 1.29 is 5.11 Å². The van der Waals surface area contributed by atoms with Crippen LogP contribution >= 0.6 is 0 Å². The smallest absolute Gasteiger partial charge is 0.0428 e. The number of nitrogens with two attached hydrogens (primary N) is 1. The van der Waals surface area contributed by atoms with Crippen molar-refractivity contribution in [1.29, 1.82) is 0 Å². The van der Waals surface area contributed by atoms with Crippen LogP contribution in [0.4, 0.5) is 5.69 Å². The molecule has 0 spiro atoms. The Morgan fingerprint density at radius 2 is 1.67 bits per heavy atom. The fraction of sp³-hybridized carbons (Fsp3) is 0.400. The molecule has 1 aromatic carbocycles. The molecule has 0 aromatic heterocycles. The van der Waals surface area contributed by atoms with Crippen molar-refractivity contribution >= 4 is 5.69 Å². The van der Waals surface area contributed by atoms with E-state index in [0.717, 1.165) is 12.1 Å². The van der Waals surface area contributed by atoms with E-state index in [0.29, 0.717) is 6.61 Å². The summed E-state index contributed by atoms with van der Waals surface area (Å²) in [4.78, 5) is 0. The standard InChI is InChI=1S/C7H9N.C3H8O/c1-6-2-4-7(8)5-3-6;1-2-3-4/h2-5H,8H2,1H3;4H,2-3H2,1H3. The molecule has 3 N–H and O–H groups in total. The lowest BCUT2D eigenvalue weighted by atomic mass is 10.2. The molecule has 0 saturated heterocycles. The zero-order valence-corrected chi connectivity index (χ0v) is 7.75. The van der Waals surface area contributed by atoms with Crippen LogP contribution < -0.4 is 5.73 Å². The number of hydrogen-bond acceptors (Lipinski definition) is 2. The minimum Gasteiger partial charge on any atom is -0.399 e. The van der Waals surface area contributed by atoms with Crippen molar-refractivity contribution in [2.24, 2.45) is 0 Å². The molecule has 0 bridgehead atoms. The summed E-state index contributed by atoms with van der Waals surface area (Å²) < 4.78 is 0. The van der Waals surface area contributed by atoms with Gasteiger partial charge in [0.25, 0.3) is 0 Å². The van der Waals surface area contributed by atoms with E-state index in [9.17, 15) is 0 Å². The van der Waals surface area contributed by atoms with Crippen molar-refractivity contribution in [2.45, 2.75) is 20.3 Å². The van der Waals surface area contributed by atoms with Crippen molar-refractivity contribution in [3.8, 4) is 0 Å². The van der Waals surface area contributed by atoms with Gasteiger partial charge in [0.15, 0.2) is 0 Å². The lowest BCUT2D eigenvalue weighted by Gasteiger charge is -1.90. The molecule has 0 aliphatic heterocycles. The van der Waals surface area contributed by atoms with E-state index in [4.69, 9.17) is 10.8 Å². The number of aryl methyl sites for hydroxylation is 1. The lowest BCUT2D eigenvalue weighted by molar-refractivity contribution is 0.295. The van der Waals surface area contributed by atoms with Crippen LogP contribution in [0, 0.1) is 6.92 Å². The summed E-state index contributed by atoms with van der Waals surface area (Å²) in [5.74, 6) is 0. The van der Waals surface area contributed by atoms with Crippen LogP contribution in [0.3, 0.4) is 0 Å². The normalized spacial score (nSPS) is 8.58. The largest absolute Gasteiger partial charge is 0.399 e. The van der Waals surface area contributed by atoms with Gasteiger partial charge in [0, 0.05) is 12.3 Å². The number of benzene rings is 1. The van der Waals surface area contributed by atoms with Gasteiger partial charge in [0.2, 0.25) is 0 Å². The third kappa shape index (κ3) is 5.74. The highest BCUT2D eigenvalue weighted by Gasteiger charge is 1.80. The van der Waals surface area contributed by atoms with Gasteiger partial charge in [-0.3, -0.25) is 0 Å². The Hall–Kier alpha value is -1.02. The number of nitrogen functional groups attached to an aromatic ring is 1. The van der Waals surface area contributed by atoms with E-state index >= 15 is 0 Å². The van der Waals surface area contributed by atoms with Gasteiger partial charge in [-0.25, -0.2) is 0 Å². The van der Waals surface area contributed by atoms with Gasteiger partial charge in [-0.2, -0.15) is 0 Å². The Morgan fingerprint density at radius 1 is 1.25 bits per heavy atom. The number of hydrogen-bond donors (Lipinski definition) is 2. The van der Waals surface area contributed by atoms with E-state index in [-0.39, 0.29) is 0 Å². The van der Waals surface area contributed by atoms with Gasteiger partial charge in [0.05, 0.1) is 0 Å². The van der Waals surface area contributed by atoms with Crippen LogP contribution in [0.1, 0.15) is 18.9 Å². The van der Waals surface area contributed by atoms with Crippen molar-refractivity contribution in [1.82, 2.24) is 0 Å². The first-order valence-corrected chi connectivity index (χ1v) is 4.13. The van der Waals surface area contributed by atoms with E-state index < -0.39 is 0 Å². The first-order valence-electron chi connectivity index (χ1n) is 4.13. The zero-order chi connectivity index (χ0) is 9.40. The Morgan fingerprint density at radius 3 is 1.92 bits per heavy atom. The fourth-order valence-electron chi connectivity index (χ4n) is 0.566. The molecule has 0 amide bonds. The lowest BCUT2D eigenvalue weighted by Crippen LogP contribution is -1.81. The quantitative estimate of drug-likeness (QED) is 0.628. The highest BCUT2D eigenvalue weighted by molar-refractivity contribution is 5.38. The minimum absolute atomic E-state index is 0.319. The van der Waals surface area contributed by atoms with Crippen LogP contribution in [0.2, 0.25) is 0 Å². The van der Waals surface area contributed by atoms with Crippen LogP contribution in [0.15, 0.2) is 24.3 Å². The Labute approximate surface area is 74.0 Å². The summed E-state index contributed by atoms with van der Waals surface area (Å²) in [5.41, 5.74) is 7.51. The molecule has 0 radical (unpaired) electrons. The summed E-state index contributed by atoms with van der Waals surface area (Å²) in [6.07, 6.45) is 0.875. The Bertz CT molecular complexity index is 170. The predicted octanol–water partition coefficient (Wildman–Crippen LogP) is 1.97. The minimum atomic E-state index is 0.319. The second-order valence-corrected chi connectivity index (χ2v) is 2.63. The summed E-state index contributed by atoms with van der Waals surface area (Å²) in [6, 6.07) is 7.79. The maximum Gasteiger partial charge on any atom is 0.0428 e. The van der Waals surface area contributed by atoms with Gasteiger partial charge in [-0.05, 0) is 25.5 Å². The second-order valence-electron chi connectivity index (χ2n) is 2.63. The van der Waals surface area contributed by atoms with Crippen LogP contribution in [0.25, 0.3) is 0 Å². The average molecular weight is 167 g/mol. The molecule has 1 rings (SSSR count). The molecule has 0 aliphatic rings. The highest BCUT2D eigenvalue weighted by atomic mass is 16.2. The molecule has 2 heteroatoms. The van der Waals surface area contributed by atoms with Gasteiger partial charge in [-0.1, -0.05) is 24.6 Å². The molecule has 0 atom stereocenters. The first-order chi connectivity index (χ1) is 5.70. The molecule has 12 heavy (non-hydrogen) atoms. The van der Waals surface area contributed by atoms with Crippen LogP contribution in [-0.2, 0) is 0 Å². The van der Waals surface area contributed by atoms with Crippen molar-refractivity contribution in [3.63, 3.8) is 0 Å². The maximum atomic E-state index is 7.88. The second kappa shape index (κ2) is 6.68. The molecular formula is C10H17NO. The molecule has 0 saturated carbocycles. The summed E-state index contributed by atoms with van der Waals surface area (Å²) in [6.45, 7) is 4.29. The number of aliphatic hydroxyl groups excluding tert-OH is 1. The van der Waals surface area contributed by atoms with Gasteiger partial charge in [0.1, 0.15) is 0 Å². The molecule has 0 fully saturated rings. The number of rotatable bonds is 1. The number of anilines is 1. The highest BCUT2D eigenvalue weighted by Crippen LogP contribution is 2.02. The fourth-order valence-corrected chi connectivity index (χ4v) is 0.566. The molecule has 0 aliphatic carbocycles. The zero-order valence-electron chi connectivity index (χ0n) is 7.75. The Kier molecular flexibility index (Phi) is 6.11. The molecule has 0 unspecified atom stereocenters. The van der Waals surface area contributed by atoms with Crippen LogP contribution in [-0.4, -0.2) is 11.7 Å². The van der Waals surface area contributed by atoms with E-state index in [1.807, 2.05) is 38.1 Å². The predicted molar refractivity (Wildman–Crippen MR) is 53.0 cm³/mol. The third-order valence-corrected chi connectivity index (χ3v) is 1.30. The monoisotopic (exact) mass is 167 g/mol. The molecule has 2 nitrogen and oxygen atoms in total. The third-order valence-electron chi connectivity index (χ3n) is 1.30. The molecule has 68 valence electrons. The molecular weight excluding hydrogens is 150 g/mol. The summed E-state index contributed by atoms with van der Waals surface area (Å²) in [5, 5.41) is 7.88. The topological polar surface area (TPSA) is 46.2 Å². The van der Waals surface area contributed by atoms with Crippen LogP contribution in [0.5, 0.6) is 0 Å². The average Bonchev–Trinajstić information content (AvgIpc) is 2.11. The first kappa shape index (κ1) is 11.0. The Balaban J connectivity index is 0.000000261. The maximum absolute atomic E-state index is 7.88. The SMILES string of the molecule is CCCO.Cc1ccc(N)cc1. The summed E-state index contributed by atoms with van der Waals surface area (Å²) in [7, 11) is 0. The van der Waals surface area contributed by atoms with Crippen molar-refractivity contribution in [3.05, 3.63) is 29.8 Å². The number of aliphatic hydroxyl groups is 1. The molecule has 1 aromatic rings. The van der Waals surface area contributed by atoms with E-state index in [1.54, 1.807) is 0 Å². The molecule has 0 heterocycles. The van der Waals surface area contributed by atoms with Crippen molar-refractivity contribution in [2.75, 3.05) is 12.3 Å². The van der Waals surface area contributed by atoms with E-state index in [1.165, 1.54) is 5.56 Å². The van der Waals surface area contributed by atoms with Gasteiger partial charge >= 0.3 is 0 Å². The van der Waals surface area contributed by atoms with Gasteiger partial charge < -0.3 is 10.8 Å². The van der Waals surface area contributed by atoms with E-state index in [2.05, 4.69) is 0 Å².